The Morgan fingerprint density at radius 2 is 1.65 bits per heavy atom. The molecule has 0 aliphatic carbocycles. The molecule has 0 unspecified atom stereocenters. The lowest BCUT2D eigenvalue weighted by Crippen LogP contribution is -2.07. The summed E-state index contributed by atoms with van der Waals surface area (Å²) in [4.78, 5) is 1.65. The van der Waals surface area contributed by atoms with Crippen molar-refractivity contribution in [3.8, 4) is 0 Å². The fourth-order valence-electron chi connectivity index (χ4n) is 2.03. The van der Waals surface area contributed by atoms with Gasteiger partial charge in [-0.1, -0.05) is 49.9 Å². The van der Waals surface area contributed by atoms with Crippen molar-refractivity contribution in [2.24, 2.45) is 5.73 Å². The number of benzene rings is 2. The Hall–Kier alpha value is -1.32. The predicted molar refractivity (Wildman–Crippen MR) is 83.7 cm³/mol. The minimum absolute atomic E-state index is 0.178. The van der Waals surface area contributed by atoms with Crippen molar-refractivity contribution in [1.29, 1.82) is 0 Å². The Morgan fingerprint density at radius 1 is 1.00 bits per heavy atom. The molecular weight excluding hydrogens is 269 g/mol. The molecule has 0 aromatic heterocycles. The number of hydrogen-bond acceptors (Lipinski definition) is 2. The molecule has 2 rings (SSSR count). The second-order valence-corrected chi connectivity index (χ2v) is 6.36. The number of rotatable bonds is 4. The van der Waals surface area contributed by atoms with E-state index in [0.29, 0.717) is 10.8 Å². The standard InChI is InChI=1S/C17H20FNS/c1-11(2)13-7-9-14(10-8-13)20-17-15(12(3)19)5-4-6-16(17)18/h4-12H,19H2,1-3H3/t12-/m0/s1. The summed E-state index contributed by atoms with van der Waals surface area (Å²) in [5, 5.41) is 0. The van der Waals surface area contributed by atoms with E-state index in [-0.39, 0.29) is 11.9 Å². The van der Waals surface area contributed by atoms with Crippen LogP contribution in [0.4, 0.5) is 4.39 Å². The lowest BCUT2D eigenvalue weighted by Gasteiger charge is -2.13. The average molecular weight is 289 g/mol. The van der Waals surface area contributed by atoms with E-state index in [1.54, 1.807) is 6.07 Å². The highest BCUT2D eigenvalue weighted by atomic mass is 32.2. The molecule has 0 spiro atoms. The van der Waals surface area contributed by atoms with E-state index < -0.39 is 0 Å². The van der Waals surface area contributed by atoms with Crippen molar-refractivity contribution in [2.75, 3.05) is 0 Å². The van der Waals surface area contributed by atoms with Crippen LogP contribution in [-0.2, 0) is 0 Å². The molecular formula is C17H20FNS. The van der Waals surface area contributed by atoms with Crippen LogP contribution in [0.25, 0.3) is 0 Å². The van der Waals surface area contributed by atoms with E-state index in [1.165, 1.54) is 23.4 Å². The predicted octanol–water partition coefficient (Wildman–Crippen LogP) is 5.12. The second kappa shape index (κ2) is 6.42. The molecule has 1 nitrogen and oxygen atoms in total. The lowest BCUT2D eigenvalue weighted by molar-refractivity contribution is 0.591. The lowest BCUT2D eigenvalue weighted by atomic mass is 10.0. The molecule has 2 aromatic carbocycles. The molecule has 0 heterocycles. The quantitative estimate of drug-likeness (QED) is 0.845. The summed E-state index contributed by atoms with van der Waals surface area (Å²) in [5.74, 6) is 0.292. The highest BCUT2D eigenvalue weighted by molar-refractivity contribution is 7.99. The van der Waals surface area contributed by atoms with E-state index in [1.807, 2.05) is 25.1 Å². The Morgan fingerprint density at radius 3 is 2.20 bits per heavy atom. The number of halogens is 1. The van der Waals surface area contributed by atoms with Gasteiger partial charge in [-0.05, 0) is 42.2 Å². The third-order valence-corrected chi connectivity index (χ3v) is 4.40. The molecule has 106 valence electrons. The van der Waals surface area contributed by atoms with Crippen LogP contribution in [0.15, 0.2) is 52.3 Å². The molecule has 0 saturated heterocycles. The molecule has 0 aliphatic rings. The van der Waals surface area contributed by atoms with Crippen LogP contribution in [0.5, 0.6) is 0 Å². The van der Waals surface area contributed by atoms with Crippen molar-refractivity contribution in [1.82, 2.24) is 0 Å². The highest BCUT2D eigenvalue weighted by Gasteiger charge is 2.13. The van der Waals surface area contributed by atoms with Crippen LogP contribution in [0.3, 0.4) is 0 Å². The first-order valence-electron chi connectivity index (χ1n) is 6.81. The average Bonchev–Trinajstić information content (AvgIpc) is 2.41. The molecule has 0 fully saturated rings. The highest BCUT2D eigenvalue weighted by Crippen LogP contribution is 2.35. The molecule has 0 amide bonds. The van der Waals surface area contributed by atoms with Gasteiger partial charge in [0.15, 0.2) is 0 Å². The number of nitrogens with two attached hydrogens (primary N) is 1. The number of hydrogen-bond donors (Lipinski definition) is 1. The normalized spacial score (nSPS) is 12.7. The zero-order chi connectivity index (χ0) is 14.7. The Bertz CT molecular complexity index is 576. The van der Waals surface area contributed by atoms with Crippen molar-refractivity contribution in [3.05, 3.63) is 59.4 Å². The van der Waals surface area contributed by atoms with Crippen LogP contribution in [-0.4, -0.2) is 0 Å². The Kier molecular flexibility index (Phi) is 4.84. The fourth-order valence-corrected chi connectivity index (χ4v) is 3.08. The summed E-state index contributed by atoms with van der Waals surface area (Å²) >= 11 is 1.43. The molecule has 0 bridgehead atoms. The van der Waals surface area contributed by atoms with Crippen LogP contribution in [0, 0.1) is 5.82 Å². The van der Waals surface area contributed by atoms with Crippen LogP contribution in [0.1, 0.15) is 43.9 Å². The van der Waals surface area contributed by atoms with Gasteiger partial charge in [-0.2, -0.15) is 0 Å². The zero-order valence-electron chi connectivity index (χ0n) is 12.1. The summed E-state index contributed by atoms with van der Waals surface area (Å²) in [6.07, 6.45) is 0. The molecule has 20 heavy (non-hydrogen) atoms. The maximum Gasteiger partial charge on any atom is 0.137 e. The van der Waals surface area contributed by atoms with Crippen molar-refractivity contribution in [3.63, 3.8) is 0 Å². The van der Waals surface area contributed by atoms with Crippen LogP contribution >= 0.6 is 11.8 Å². The van der Waals surface area contributed by atoms with E-state index in [0.717, 1.165) is 10.5 Å². The minimum Gasteiger partial charge on any atom is -0.324 e. The van der Waals surface area contributed by atoms with Gasteiger partial charge in [0.05, 0.1) is 4.90 Å². The van der Waals surface area contributed by atoms with Gasteiger partial charge in [-0.25, -0.2) is 4.39 Å². The van der Waals surface area contributed by atoms with Gasteiger partial charge in [0.1, 0.15) is 5.82 Å². The summed E-state index contributed by atoms with van der Waals surface area (Å²) < 4.78 is 14.0. The van der Waals surface area contributed by atoms with Crippen LogP contribution in [0.2, 0.25) is 0 Å². The SMILES string of the molecule is CC(C)c1ccc(Sc2c(F)cccc2[C@H](C)N)cc1. The van der Waals surface area contributed by atoms with Crippen molar-refractivity contribution >= 4 is 11.8 Å². The van der Waals surface area contributed by atoms with Gasteiger partial charge < -0.3 is 5.73 Å². The van der Waals surface area contributed by atoms with E-state index >= 15 is 0 Å². The zero-order valence-corrected chi connectivity index (χ0v) is 12.9. The van der Waals surface area contributed by atoms with Gasteiger partial charge in [0.2, 0.25) is 0 Å². The maximum absolute atomic E-state index is 14.0. The fraction of sp³-hybridized carbons (Fsp3) is 0.294. The molecule has 0 radical (unpaired) electrons. The Labute approximate surface area is 124 Å². The summed E-state index contributed by atoms with van der Waals surface area (Å²) in [7, 11) is 0. The van der Waals surface area contributed by atoms with E-state index in [4.69, 9.17) is 5.73 Å². The van der Waals surface area contributed by atoms with Gasteiger partial charge in [0, 0.05) is 10.9 Å². The minimum atomic E-state index is -0.210. The molecule has 0 aliphatic heterocycles. The molecule has 2 N–H and O–H groups in total. The van der Waals surface area contributed by atoms with Gasteiger partial charge in [-0.15, -0.1) is 0 Å². The topological polar surface area (TPSA) is 26.0 Å². The first-order chi connectivity index (χ1) is 9.49. The van der Waals surface area contributed by atoms with Crippen LogP contribution < -0.4 is 5.73 Å². The van der Waals surface area contributed by atoms with Gasteiger partial charge in [-0.3, -0.25) is 0 Å². The monoisotopic (exact) mass is 289 g/mol. The third-order valence-electron chi connectivity index (χ3n) is 3.25. The van der Waals surface area contributed by atoms with Gasteiger partial charge >= 0.3 is 0 Å². The maximum atomic E-state index is 14.0. The van der Waals surface area contributed by atoms with Gasteiger partial charge in [0.25, 0.3) is 0 Å². The summed E-state index contributed by atoms with van der Waals surface area (Å²) in [6, 6.07) is 13.2. The largest absolute Gasteiger partial charge is 0.324 e. The second-order valence-electron chi connectivity index (χ2n) is 5.27. The molecule has 2 aromatic rings. The first-order valence-corrected chi connectivity index (χ1v) is 7.62. The van der Waals surface area contributed by atoms with Crippen molar-refractivity contribution in [2.45, 2.75) is 42.5 Å². The van der Waals surface area contributed by atoms with E-state index in [9.17, 15) is 4.39 Å². The Balaban J connectivity index is 2.30. The smallest absolute Gasteiger partial charge is 0.137 e. The first kappa shape index (κ1) is 15.1. The van der Waals surface area contributed by atoms with E-state index in [2.05, 4.69) is 26.0 Å². The third kappa shape index (κ3) is 3.41. The van der Waals surface area contributed by atoms with Crippen molar-refractivity contribution < 1.29 is 4.39 Å². The molecule has 3 heteroatoms. The molecule has 1 atom stereocenters. The summed E-state index contributed by atoms with van der Waals surface area (Å²) in [6.45, 7) is 6.20. The summed E-state index contributed by atoms with van der Waals surface area (Å²) in [5.41, 5.74) is 8.06. The molecule has 0 saturated carbocycles.